The number of halogens is 1. The Morgan fingerprint density at radius 3 is 2.28 bits per heavy atom. The SMILES string of the molecule is C=CCc1c(N)cc(-c2ccc(C3CC3)c(Cl)c2)cc1CN1C(=O)c2ccccc2C1=O. The molecule has 0 radical (unpaired) electrons. The Kier molecular flexibility index (Phi) is 5.10. The van der Waals surface area contributed by atoms with Crippen molar-refractivity contribution in [2.24, 2.45) is 0 Å². The van der Waals surface area contributed by atoms with Gasteiger partial charge in [0, 0.05) is 10.7 Å². The van der Waals surface area contributed by atoms with Crippen molar-refractivity contribution in [3.05, 3.63) is 100 Å². The molecular formula is C27H23ClN2O2. The lowest BCUT2D eigenvalue weighted by molar-refractivity contribution is 0.0642. The van der Waals surface area contributed by atoms with E-state index < -0.39 is 0 Å². The summed E-state index contributed by atoms with van der Waals surface area (Å²) in [6.07, 6.45) is 4.70. The predicted molar refractivity (Wildman–Crippen MR) is 128 cm³/mol. The van der Waals surface area contributed by atoms with E-state index in [1.807, 2.05) is 18.2 Å². The molecule has 0 aromatic heterocycles. The van der Waals surface area contributed by atoms with Crippen LogP contribution in [-0.2, 0) is 13.0 Å². The van der Waals surface area contributed by atoms with Gasteiger partial charge in [-0.2, -0.15) is 0 Å². The Hall–Kier alpha value is -3.37. The lowest BCUT2D eigenvalue weighted by atomic mass is 9.94. The van der Waals surface area contributed by atoms with Gasteiger partial charge in [0.05, 0.1) is 17.7 Å². The van der Waals surface area contributed by atoms with E-state index >= 15 is 0 Å². The van der Waals surface area contributed by atoms with Crippen molar-refractivity contribution < 1.29 is 9.59 Å². The molecule has 0 unspecified atom stereocenters. The van der Waals surface area contributed by atoms with Gasteiger partial charge in [0.15, 0.2) is 0 Å². The van der Waals surface area contributed by atoms with Crippen LogP contribution in [0, 0.1) is 0 Å². The number of rotatable bonds is 6. The van der Waals surface area contributed by atoms with E-state index in [4.69, 9.17) is 17.3 Å². The number of nitrogen functional groups attached to an aromatic ring is 1. The van der Waals surface area contributed by atoms with Gasteiger partial charge in [0.25, 0.3) is 11.8 Å². The molecule has 1 saturated carbocycles. The minimum atomic E-state index is -0.282. The van der Waals surface area contributed by atoms with E-state index in [0.717, 1.165) is 27.3 Å². The van der Waals surface area contributed by atoms with Gasteiger partial charge in [0.1, 0.15) is 0 Å². The van der Waals surface area contributed by atoms with E-state index in [2.05, 4.69) is 18.7 Å². The predicted octanol–water partition coefficient (Wildman–Crippen LogP) is 5.99. The molecule has 3 aromatic rings. The first kappa shape index (κ1) is 20.5. The van der Waals surface area contributed by atoms with Crippen molar-refractivity contribution in [3.63, 3.8) is 0 Å². The number of allylic oxidation sites excluding steroid dienone is 1. The van der Waals surface area contributed by atoms with Crippen molar-refractivity contribution in [1.82, 2.24) is 4.90 Å². The number of nitrogens with zero attached hydrogens (tertiary/aromatic N) is 1. The standard InChI is InChI=1S/C27H23ClN2O2/c1-2-5-21-19(15-30-26(31)22-6-3-4-7-23(22)27(30)32)12-18(14-25(21)29)17-10-11-20(16-8-9-16)24(28)13-17/h2-4,6-7,10-14,16H,1,5,8-9,15,29H2. The molecule has 0 saturated heterocycles. The molecule has 0 spiro atoms. The summed E-state index contributed by atoms with van der Waals surface area (Å²) in [7, 11) is 0. The Bertz CT molecular complexity index is 1240. The first-order valence-corrected chi connectivity index (χ1v) is 11.1. The highest BCUT2D eigenvalue weighted by atomic mass is 35.5. The summed E-state index contributed by atoms with van der Waals surface area (Å²) in [5.74, 6) is 0.00730. The topological polar surface area (TPSA) is 63.4 Å². The third-order valence-electron chi connectivity index (χ3n) is 6.28. The molecule has 1 aliphatic heterocycles. The van der Waals surface area contributed by atoms with Crippen molar-refractivity contribution in [3.8, 4) is 11.1 Å². The molecule has 0 atom stereocenters. The average molecular weight is 443 g/mol. The molecule has 5 heteroatoms. The van der Waals surface area contributed by atoms with Gasteiger partial charge in [-0.3, -0.25) is 14.5 Å². The zero-order valence-corrected chi connectivity index (χ0v) is 18.4. The van der Waals surface area contributed by atoms with Crippen LogP contribution in [0.15, 0.2) is 67.3 Å². The molecule has 5 rings (SSSR count). The van der Waals surface area contributed by atoms with Crippen LogP contribution in [-0.4, -0.2) is 16.7 Å². The minimum absolute atomic E-state index is 0.154. The zero-order valence-electron chi connectivity index (χ0n) is 17.6. The van der Waals surface area contributed by atoms with Crippen LogP contribution in [0.3, 0.4) is 0 Å². The molecule has 0 bridgehead atoms. The molecule has 2 N–H and O–H groups in total. The van der Waals surface area contributed by atoms with Crippen LogP contribution in [0.4, 0.5) is 5.69 Å². The molecule has 2 aliphatic rings. The Balaban J connectivity index is 1.54. The monoisotopic (exact) mass is 442 g/mol. The third-order valence-corrected chi connectivity index (χ3v) is 6.61. The fourth-order valence-corrected chi connectivity index (χ4v) is 4.78. The number of hydrogen-bond acceptors (Lipinski definition) is 3. The van der Waals surface area contributed by atoms with Gasteiger partial charge in [-0.15, -0.1) is 6.58 Å². The van der Waals surface area contributed by atoms with Crippen molar-refractivity contribution in [2.45, 2.75) is 31.7 Å². The number of amides is 2. The van der Waals surface area contributed by atoms with Crippen LogP contribution in [0.5, 0.6) is 0 Å². The second-order valence-corrected chi connectivity index (χ2v) is 8.86. The molecular weight excluding hydrogens is 420 g/mol. The summed E-state index contributed by atoms with van der Waals surface area (Å²) in [5, 5.41) is 0.764. The highest BCUT2D eigenvalue weighted by molar-refractivity contribution is 6.31. The average Bonchev–Trinajstić information content (AvgIpc) is 3.60. The first-order chi connectivity index (χ1) is 15.5. The fourth-order valence-electron chi connectivity index (χ4n) is 4.44. The van der Waals surface area contributed by atoms with Crippen LogP contribution in [0.1, 0.15) is 56.2 Å². The Morgan fingerprint density at radius 1 is 1.00 bits per heavy atom. The van der Waals surface area contributed by atoms with Crippen LogP contribution in [0.2, 0.25) is 5.02 Å². The maximum Gasteiger partial charge on any atom is 0.261 e. The van der Waals surface area contributed by atoms with E-state index in [0.29, 0.717) is 29.2 Å². The summed E-state index contributed by atoms with van der Waals surface area (Å²) in [4.78, 5) is 27.1. The summed E-state index contributed by atoms with van der Waals surface area (Å²) < 4.78 is 0. The maximum atomic E-state index is 12.9. The second-order valence-electron chi connectivity index (χ2n) is 8.45. The van der Waals surface area contributed by atoms with Crippen LogP contribution < -0.4 is 5.73 Å². The summed E-state index contributed by atoms with van der Waals surface area (Å²) in [5.41, 5.74) is 12.7. The van der Waals surface area contributed by atoms with Gasteiger partial charge in [-0.25, -0.2) is 0 Å². The first-order valence-electron chi connectivity index (χ1n) is 10.7. The zero-order chi connectivity index (χ0) is 22.4. The lowest BCUT2D eigenvalue weighted by Crippen LogP contribution is -2.29. The van der Waals surface area contributed by atoms with Crippen LogP contribution >= 0.6 is 11.6 Å². The van der Waals surface area contributed by atoms with Gasteiger partial charge in [0.2, 0.25) is 0 Å². The van der Waals surface area contributed by atoms with Gasteiger partial charge in [-0.1, -0.05) is 41.9 Å². The number of fused-ring (bicyclic) bond motifs is 1. The molecule has 160 valence electrons. The highest BCUT2D eigenvalue weighted by Crippen LogP contribution is 2.44. The number of benzene rings is 3. The second kappa shape index (κ2) is 7.95. The Labute approximate surface area is 192 Å². The van der Waals surface area contributed by atoms with Crippen LogP contribution in [0.25, 0.3) is 11.1 Å². The normalized spacial score (nSPS) is 15.2. The molecule has 2 amide bonds. The van der Waals surface area contributed by atoms with Crippen molar-refractivity contribution in [1.29, 1.82) is 0 Å². The fraction of sp³-hybridized carbons (Fsp3) is 0.185. The summed E-state index contributed by atoms with van der Waals surface area (Å²) in [6.45, 7) is 3.99. The quantitative estimate of drug-likeness (QED) is 0.289. The summed E-state index contributed by atoms with van der Waals surface area (Å²) >= 11 is 6.56. The van der Waals surface area contributed by atoms with E-state index in [-0.39, 0.29) is 18.4 Å². The van der Waals surface area contributed by atoms with Gasteiger partial charge in [-0.05, 0) is 83.3 Å². The molecule has 32 heavy (non-hydrogen) atoms. The maximum absolute atomic E-state index is 12.9. The molecule has 4 nitrogen and oxygen atoms in total. The number of carbonyl (C=O) groups excluding carboxylic acids is 2. The number of anilines is 1. The van der Waals surface area contributed by atoms with E-state index in [1.165, 1.54) is 23.3 Å². The van der Waals surface area contributed by atoms with Gasteiger partial charge >= 0.3 is 0 Å². The largest absolute Gasteiger partial charge is 0.398 e. The Morgan fingerprint density at radius 2 is 1.69 bits per heavy atom. The third kappa shape index (κ3) is 3.51. The van der Waals surface area contributed by atoms with Gasteiger partial charge < -0.3 is 5.73 Å². The number of hydrogen-bond donors (Lipinski definition) is 1. The molecule has 1 heterocycles. The lowest BCUT2D eigenvalue weighted by Gasteiger charge is -2.19. The van der Waals surface area contributed by atoms with E-state index in [9.17, 15) is 9.59 Å². The molecule has 3 aromatic carbocycles. The number of imide groups is 1. The van der Waals surface area contributed by atoms with Crippen molar-refractivity contribution >= 4 is 29.1 Å². The van der Waals surface area contributed by atoms with E-state index in [1.54, 1.807) is 30.3 Å². The minimum Gasteiger partial charge on any atom is -0.398 e. The smallest absolute Gasteiger partial charge is 0.261 e. The van der Waals surface area contributed by atoms with Crippen molar-refractivity contribution in [2.75, 3.05) is 5.73 Å². The summed E-state index contributed by atoms with van der Waals surface area (Å²) in [6, 6.07) is 17.0. The number of carbonyl (C=O) groups is 2. The number of nitrogens with two attached hydrogens (primary N) is 1. The molecule has 1 fully saturated rings. The highest BCUT2D eigenvalue weighted by Gasteiger charge is 2.35. The molecule has 1 aliphatic carbocycles.